The third-order valence-electron chi connectivity index (χ3n) is 4.67. The number of aromatic nitrogens is 1. The van der Waals surface area contributed by atoms with Gasteiger partial charge in [-0.15, -0.1) is 0 Å². The average Bonchev–Trinajstić information content (AvgIpc) is 3.27. The number of nitrogens with zero attached hydrogens (tertiary/aromatic N) is 1. The van der Waals surface area contributed by atoms with Gasteiger partial charge in [0, 0.05) is 23.7 Å². The monoisotopic (exact) mass is 463 g/mol. The number of benzene rings is 3. The molecule has 1 amide bonds. The molecule has 0 aliphatic rings. The zero-order valence-corrected chi connectivity index (χ0v) is 18.7. The van der Waals surface area contributed by atoms with Gasteiger partial charge in [-0.3, -0.25) is 9.52 Å². The van der Waals surface area contributed by atoms with E-state index < -0.39 is 10.0 Å². The largest absolute Gasteiger partial charge is 0.495 e. The zero-order chi connectivity index (χ0) is 23.4. The number of rotatable bonds is 7. The van der Waals surface area contributed by atoms with Crippen molar-refractivity contribution in [2.45, 2.75) is 11.9 Å². The van der Waals surface area contributed by atoms with Crippen LogP contribution in [0.1, 0.15) is 6.92 Å². The van der Waals surface area contributed by atoms with Gasteiger partial charge in [0.15, 0.2) is 5.76 Å². The van der Waals surface area contributed by atoms with Crippen molar-refractivity contribution in [3.05, 3.63) is 78.9 Å². The maximum atomic E-state index is 13.5. The second-order valence-electron chi connectivity index (χ2n) is 7.09. The third-order valence-corrected chi connectivity index (χ3v) is 5.95. The first kappa shape index (κ1) is 22.1. The molecule has 0 spiro atoms. The van der Waals surface area contributed by atoms with Crippen molar-refractivity contribution in [2.75, 3.05) is 17.1 Å². The average molecular weight is 464 g/mol. The first-order valence-corrected chi connectivity index (χ1v) is 11.5. The zero-order valence-electron chi connectivity index (χ0n) is 17.9. The molecule has 0 saturated carbocycles. The van der Waals surface area contributed by atoms with Gasteiger partial charge in [-0.2, -0.15) is 13.4 Å². The Kier molecular flexibility index (Phi) is 6.14. The van der Waals surface area contributed by atoms with E-state index in [-0.39, 0.29) is 34.0 Å². The van der Waals surface area contributed by atoms with Gasteiger partial charge in [0.25, 0.3) is 10.0 Å². The fourth-order valence-corrected chi connectivity index (χ4v) is 4.38. The van der Waals surface area contributed by atoms with E-state index in [9.17, 15) is 13.2 Å². The molecule has 4 aromatic rings. The van der Waals surface area contributed by atoms with Crippen LogP contribution in [0.25, 0.3) is 22.8 Å². The van der Waals surface area contributed by atoms with Gasteiger partial charge in [0.05, 0.1) is 12.8 Å². The van der Waals surface area contributed by atoms with Crippen LogP contribution in [0.5, 0.6) is 5.75 Å². The fourth-order valence-electron chi connectivity index (χ4n) is 3.23. The molecule has 168 valence electrons. The van der Waals surface area contributed by atoms with Crippen LogP contribution in [0.2, 0.25) is 0 Å². The Balaban J connectivity index is 1.81. The number of amides is 1. The van der Waals surface area contributed by atoms with Crippen LogP contribution in [0, 0.1) is 0 Å². The second kappa shape index (κ2) is 9.17. The Morgan fingerprint density at radius 2 is 1.58 bits per heavy atom. The predicted octanol–water partition coefficient (Wildman–Crippen LogP) is 4.78. The highest BCUT2D eigenvalue weighted by Crippen LogP contribution is 2.35. The Morgan fingerprint density at radius 1 is 0.939 bits per heavy atom. The molecule has 3 aromatic carbocycles. The molecule has 0 unspecified atom stereocenters. The summed E-state index contributed by atoms with van der Waals surface area (Å²) in [6.07, 6.45) is 0. The Morgan fingerprint density at radius 3 is 2.18 bits per heavy atom. The maximum Gasteiger partial charge on any atom is 0.283 e. The molecule has 1 aromatic heterocycles. The van der Waals surface area contributed by atoms with Gasteiger partial charge >= 0.3 is 0 Å². The number of hydrogen-bond donors (Lipinski definition) is 2. The van der Waals surface area contributed by atoms with Crippen molar-refractivity contribution in [3.63, 3.8) is 0 Å². The third kappa shape index (κ3) is 4.88. The number of nitrogens with one attached hydrogen (secondary N) is 2. The van der Waals surface area contributed by atoms with E-state index in [0.717, 1.165) is 0 Å². The normalized spacial score (nSPS) is 11.1. The Labute approximate surface area is 191 Å². The Bertz CT molecular complexity index is 1380. The maximum absolute atomic E-state index is 13.5. The molecule has 9 heteroatoms. The van der Waals surface area contributed by atoms with E-state index in [0.29, 0.717) is 16.8 Å². The van der Waals surface area contributed by atoms with Crippen LogP contribution in [0.15, 0.2) is 88.3 Å². The molecule has 2 N–H and O–H groups in total. The minimum atomic E-state index is -4.20. The van der Waals surface area contributed by atoms with E-state index in [1.165, 1.54) is 20.1 Å². The van der Waals surface area contributed by atoms with Gasteiger partial charge in [-0.25, -0.2) is 0 Å². The summed E-state index contributed by atoms with van der Waals surface area (Å²) in [5.41, 5.74) is 1.76. The number of sulfonamides is 1. The number of methoxy groups -OCH3 is 1. The highest BCUT2D eigenvalue weighted by Gasteiger charge is 2.28. The number of carbonyl (C=O) groups excluding carboxylic acids is 1. The number of ether oxygens (including phenoxy) is 1. The summed E-state index contributed by atoms with van der Waals surface area (Å²) >= 11 is 0. The first-order chi connectivity index (χ1) is 15.9. The van der Waals surface area contributed by atoms with E-state index in [2.05, 4.69) is 15.0 Å². The first-order valence-electron chi connectivity index (χ1n) is 9.97. The van der Waals surface area contributed by atoms with Crippen molar-refractivity contribution in [1.29, 1.82) is 0 Å². The SMILES string of the molecule is COc1ccc(NC(C)=O)cc1NS(=O)(=O)c1nc(-c2ccccc2)oc1-c1ccccc1. The lowest BCUT2D eigenvalue weighted by molar-refractivity contribution is -0.114. The molecule has 0 saturated heterocycles. The predicted molar refractivity (Wildman–Crippen MR) is 125 cm³/mol. The van der Waals surface area contributed by atoms with Crippen molar-refractivity contribution >= 4 is 27.3 Å². The van der Waals surface area contributed by atoms with Crippen LogP contribution in [0.3, 0.4) is 0 Å². The van der Waals surface area contributed by atoms with E-state index >= 15 is 0 Å². The minimum Gasteiger partial charge on any atom is -0.495 e. The molecular formula is C24H21N3O5S. The quantitative estimate of drug-likeness (QED) is 0.408. The van der Waals surface area contributed by atoms with Gasteiger partial charge in [-0.1, -0.05) is 48.5 Å². The van der Waals surface area contributed by atoms with E-state index in [1.807, 2.05) is 24.3 Å². The smallest absolute Gasteiger partial charge is 0.283 e. The second-order valence-corrected chi connectivity index (χ2v) is 8.68. The molecule has 0 bridgehead atoms. The molecule has 33 heavy (non-hydrogen) atoms. The fraction of sp³-hybridized carbons (Fsp3) is 0.0833. The summed E-state index contributed by atoms with van der Waals surface area (Å²) in [5, 5.41) is 2.36. The lowest BCUT2D eigenvalue weighted by Gasteiger charge is -2.13. The molecule has 1 heterocycles. The number of hydrogen-bond acceptors (Lipinski definition) is 6. The number of anilines is 2. The molecule has 0 atom stereocenters. The summed E-state index contributed by atoms with van der Waals surface area (Å²) < 4.78 is 40.7. The molecule has 0 aliphatic heterocycles. The van der Waals surface area contributed by atoms with Crippen LogP contribution < -0.4 is 14.8 Å². The summed E-state index contributed by atoms with van der Waals surface area (Å²) in [6.45, 7) is 1.36. The lowest BCUT2D eigenvalue weighted by atomic mass is 10.2. The van der Waals surface area contributed by atoms with Crippen molar-refractivity contribution in [2.24, 2.45) is 0 Å². The molecular weight excluding hydrogens is 442 g/mol. The van der Waals surface area contributed by atoms with Crippen LogP contribution >= 0.6 is 0 Å². The molecule has 4 rings (SSSR count). The van der Waals surface area contributed by atoms with Crippen molar-refractivity contribution in [1.82, 2.24) is 4.98 Å². The highest BCUT2D eigenvalue weighted by atomic mass is 32.2. The topological polar surface area (TPSA) is 111 Å². The number of carbonyl (C=O) groups is 1. The highest BCUT2D eigenvalue weighted by molar-refractivity contribution is 7.92. The summed E-state index contributed by atoms with van der Waals surface area (Å²) in [5.74, 6) is 0.276. The van der Waals surface area contributed by atoms with Gasteiger partial charge in [0.2, 0.25) is 16.8 Å². The summed E-state index contributed by atoms with van der Waals surface area (Å²) in [6, 6.07) is 22.5. The minimum absolute atomic E-state index is 0.110. The molecule has 0 fully saturated rings. The van der Waals surface area contributed by atoms with Gasteiger partial charge < -0.3 is 14.5 Å². The number of oxazole rings is 1. The van der Waals surface area contributed by atoms with Gasteiger partial charge in [0.1, 0.15) is 5.75 Å². The lowest BCUT2D eigenvalue weighted by Crippen LogP contribution is -2.15. The molecule has 0 aliphatic carbocycles. The van der Waals surface area contributed by atoms with Crippen LogP contribution in [0.4, 0.5) is 11.4 Å². The standard InChI is InChI=1S/C24H21N3O5S/c1-16(28)25-19-13-14-21(31-2)20(15-19)27-33(29,30)24-22(17-9-5-3-6-10-17)32-23(26-24)18-11-7-4-8-12-18/h3-15,27H,1-2H3,(H,25,28). The Hall–Kier alpha value is -4.11. The van der Waals surface area contributed by atoms with Crippen molar-refractivity contribution in [3.8, 4) is 28.5 Å². The van der Waals surface area contributed by atoms with Crippen LogP contribution in [-0.2, 0) is 14.8 Å². The molecule has 0 radical (unpaired) electrons. The molecule has 8 nitrogen and oxygen atoms in total. The van der Waals surface area contributed by atoms with Crippen LogP contribution in [-0.4, -0.2) is 26.4 Å². The van der Waals surface area contributed by atoms with E-state index in [1.54, 1.807) is 48.5 Å². The van der Waals surface area contributed by atoms with Crippen molar-refractivity contribution < 1.29 is 22.4 Å². The summed E-state index contributed by atoms with van der Waals surface area (Å²) in [4.78, 5) is 15.7. The summed E-state index contributed by atoms with van der Waals surface area (Å²) in [7, 11) is -2.78. The van der Waals surface area contributed by atoms with E-state index in [4.69, 9.17) is 9.15 Å². The van der Waals surface area contributed by atoms with Gasteiger partial charge in [-0.05, 0) is 30.3 Å².